The molecule has 0 amide bonds. The first-order valence-corrected chi connectivity index (χ1v) is 8.73. The van der Waals surface area contributed by atoms with E-state index in [1.165, 1.54) is 0 Å². The molecule has 1 atom stereocenters. The van der Waals surface area contributed by atoms with E-state index >= 15 is 0 Å². The van der Waals surface area contributed by atoms with Crippen LogP contribution in [-0.4, -0.2) is 29.2 Å². The van der Waals surface area contributed by atoms with Gasteiger partial charge in [0.15, 0.2) is 0 Å². The molecule has 2 rings (SSSR count). The highest BCUT2D eigenvalue weighted by atomic mass is 19.4. The van der Waals surface area contributed by atoms with Crippen LogP contribution in [0, 0.1) is 0 Å². The van der Waals surface area contributed by atoms with E-state index in [1.54, 1.807) is 37.1 Å². The van der Waals surface area contributed by atoms with E-state index in [4.69, 9.17) is 9.47 Å². The van der Waals surface area contributed by atoms with Crippen LogP contribution in [-0.2, 0) is 6.18 Å². The Kier molecular flexibility index (Phi) is 6.51. The van der Waals surface area contributed by atoms with Gasteiger partial charge in [-0.1, -0.05) is 13.0 Å². The molecule has 0 fully saturated rings. The largest absolute Gasteiger partial charge is 0.491 e. The maximum Gasteiger partial charge on any atom is 0.423 e. The normalized spacial score (nSPS) is 12.8. The van der Waals surface area contributed by atoms with Crippen molar-refractivity contribution in [3.63, 3.8) is 0 Å². The highest BCUT2D eigenvalue weighted by Crippen LogP contribution is 2.36. The highest BCUT2D eigenvalue weighted by Gasteiger charge is 2.37. The lowest BCUT2D eigenvalue weighted by Crippen LogP contribution is -2.20. The minimum absolute atomic E-state index is 0.00316. The van der Waals surface area contributed by atoms with Crippen LogP contribution in [0.2, 0.25) is 0 Å². The van der Waals surface area contributed by atoms with Gasteiger partial charge < -0.3 is 14.4 Å². The molecule has 0 saturated heterocycles. The Hall–Kier alpha value is -2.51. The third kappa shape index (κ3) is 5.48. The molecule has 0 aliphatic rings. The molecular formula is C19H24F3N3O2. The van der Waals surface area contributed by atoms with Crippen LogP contribution in [0.5, 0.6) is 11.6 Å². The number of ether oxygens (including phenoxy) is 2. The Morgan fingerprint density at radius 1 is 1.15 bits per heavy atom. The average Bonchev–Trinajstić information content (AvgIpc) is 2.59. The Morgan fingerprint density at radius 3 is 2.44 bits per heavy atom. The molecule has 148 valence electrons. The zero-order valence-electron chi connectivity index (χ0n) is 16.0. The summed E-state index contributed by atoms with van der Waals surface area (Å²) in [6.07, 6.45) is -3.68. The van der Waals surface area contributed by atoms with Crippen LogP contribution in [0.15, 0.2) is 30.5 Å². The average molecular weight is 383 g/mol. The minimum atomic E-state index is -4.59. The molecule has 0 bridgehead atoms. The summed E-state index contributed by atoms with van der Waals surface area (Å²) in [5, 5.41) is 0. The molecule has 1 aromatic heterocycles. The second kappa shape index (κ2) is 8.45. The SMILES string of the molecule is CCC(C)Oc1nc(N(C)c2cccc(OC(C)C)c2)ncc1C(F)(F)F. The molecule has 0 aliphatic heterocycles. The predicted octanol–water partition coefficient (Wildman–Crippen LogP) is 5.23. The molecular weight excluding hydrogens is 359 g/mol. The molecule has 1 aromatic carbocycles. The molecule has 2 aromatic rings. The Bertz CT molecular complexity index is 766. The van der Waals surface area contributed by atoms with Gasteiger partial charge >= 0.3 is 6.18 Å². The predicted molar refractivity (Wildman–Crippen MR) is 97.7 cm³/mol. The van der Waals surface area contributed by atoms with Crippen molar-refractivity contribution < 1.29 is 22.6 Å². The van der Waals surface area contributed by atoms with Crippen molar-refractivity contribution in [3.8, 4) is 11.6 Å². The fraction of sp³-hybridized carbons (Fsp3) is 0.474. The second-order valence-electron chi connectivity index (χ2n) is 6.45. The lowest BCUT2D eigenvalue weighted by molar-refractivity contribution is -0.139. The lowest BCUT2D eigenvalue weighted by Gasteiger charge is -2.21. The summed E-state index contributed by atoms with van der Waals surface area (Å²) in [5.41, 5.74) is -0.306. The lowest BCUT2D eigenvalue weighted by atomic mass is 10.2. The topological polar surface area (TPSA) is 47.5 Å². The third-order valence-corrected chi connectivity index (χ3v) is 3.81. The van der Waals surface area contributed by atoms with Crippen LogP contribution in [0.1, 0.15) is 39.7 Å². The van der Waals surface area contributed by atoms with E-state index in [0.717, 1.165) is 6.20 Å². The quantitative estimate of drug-likeness (QED) is 0.655. The smallest absolute Gasteiger partial charge is 0.423 e. The summed E-state index contributed by atoms with van der Waals surface area (Å²) in [6.45, 7) is 7.34. The molecule has 0 radical (unpaired) electrons. The number of halogens is 3. The van der Waals surface area contributed by atoms with Gasteiger partial charge in [-0.3, -0.25) is 0 Å². The molecule has 8 heteroatoms. The van der Waals surface area contributed by atoms with Crippen molar-refractivity contribution in [1.82, 2.24) is 9.97 Å². The van der Waals surface area contributed by atoms with Gasteiger partial charge in [0, 0.05) is 25.0 Å². The van der Waals surface area contributed by atoms with Gasteiger partial charge in [-0.15, -0.1) is 0 Å². The van der Waals surface area contributed by atoms with E-state index in [9.17, 15) is 13.2 Å². The summed E-state index contributed by atoms with van der Waals surface area (Å²) >= 11 is 0. The number of anilines is 2. The van der Waals surface area contributed by atoms with Crippen molar-refractivity contribution in [1.29, 1.82) is 0 Å². The van der Waals surface area contributed by atoms with Gasteiger partial charge in [0.25, 0.3) is 0 Å². The van der Waals surface area contributed by atoms with E-state index in [2.05, 4.69) is 9.97 Å². The van der Waals surface area contributed by atoms with Gasteiger partial charge in [-0.2, -0.15) is 18.2 Å². The van der Waals surface area contributed by atoms with Gasteiger partial charge in [-0.05, 0) is 39.3 Å². The number of rotatable bonds is 7. The zero-order chi connectivity index (χ0) is 20.2. The van der Waals surface area contributed by atoms with Gasteiger partial charge in [-0.25, -0.2) is 4.98 Å². The Morgan fingerprint density at radius 2 is 1.85 bits per heavy atom. The summed E-state index contributed by atoms with van der Waals surface area (Å²) in [5.74, 6) is 0.281. The molecule has 0 N–H and O–H groups in total. The van der Waals surface area contributed by atoms with Crippen LogP contribution < -0.4 is 14.4 Å². The fourth-order valence-electron chi connectivity index (χ4n) is 2.23. The van der Waals surface area contributed by atoms with E-state index in [-0.39, 0.29) is 12.1 Å². The minimum Gasteiger partial charge on any atom is -0.491 e. The summed E-state index contributed by atoms with van der Waals surface area (Å²) in [4.78, 5) is 9.49. The molecule has 1 unspecified atom stereocenters. The van der Waals surface area contributed by atoms with Crippen LogP contribution in [0.4, 0.5) is 24.8 Å². The van der Waals surface area contributed by atoms with Crippen LogP contribution in [0.25, 0.3) is 0 Å². The number of aromatic nitrogens is 2. The maximum absolute atomic E-state index is 13.2. The number of nitrogens with zero attached hydrogens (tertiary/aromatic N) is 3. The molecule has 0 spiro atoms. The highest BCUT2D eigenvalue weighted by molar-refractivity contribution is 5.59. The molecule has 27 heavy (non-hydrogen) atoms. The number of hydrogen-bond acceptors (Lipinski definition) is 5. The number of hydrogen-bond donors (Lipinski definition) is 0. The van der Waals surface area contributed by atoms with Crippen LogP contribution >= 0.6 is 0 Å². The molecule has 0 aliphatic carbocycles. The van der Waals surface area contributed by atoms with Gasteiger partial charge in [0.2, 0.25) is 11.8 Å². The van der Waals surface area contributed by atoms with Crippen molar-refractivity contribution >= 4 is 11.6 Å². The second-order valence-corrected chi connectivity index (χ2v) is 6.45. The third-order valence-electron chi connectivity index (χ3n) is 3.81. The molecule has 5 nitrogen and oxygen atoms in total. The molecule has 0 saturated carbocycles. The zero-order valence-corrected chi connectivity index (χ0v) is 16.0. The first-order chi connectivity index (χ1) is 12.6. The Balaban J connectivity index is 2.38. The van der Waals surface area contributed by atoms with Crippen molar-refractivity contribution in [2.24, 2.45) is 0 Å². The first-order valence-electron chi connectivity index (χ1n) is 8.73. The fourth-order valence-corrected chi connectivity index (χ4v) is 2.23. The maximum atomic E-state index is 13.2. The Labute approximate surface area is 157 Å². The number of benzene rings is 1. The summed E-state index contributed by atoms with van der Waals surface area (Å²) < 4.78 is 50.8. The van der Waals surface area contributed by atoms with Crippen molar-refractivity contribution in [3.05, 3.63) is 36.0 Å². The summed E-state index contributed by atoms with van der Waals surface area (Å²) in [7, 11) is 1.67. The van der Waals surface area contributed by atoms with E-state index < -0.39 is 23.7 Å². The van der Waals surface area contributed by atoms with Gasteiger partial charge in [0.1, 0.15) is 11.3 Å². The first kappa shape index (κ1) is 20.8. The summed E-state index contributed by atoms with van der Waals surface area (Å²) in [6, 6.07) is 7.17. The monoisotopic (exact) mass is 383 g/mol. The standard InChI is InChI=1S/C19H24F3N3O2/c1-6-13(4)27-17-16(19(20,21)22)11-23-18(24-17)25(5)14-8-7-9-15(10-14)26-12(2)3/h7-13H,6H2,1-5H3. The van der Waals surface area contributed by atoms with Crippen LogP contribution in [0.3, 0.4) is 0 Å². The van der Waals surface area contributed by atoms with E-state index in [1.807, 2.05) is 26.8 Å². The van der Waals surface area contributed by atoms with Gasteiger partial charge in [0.05, 0.1) is 12.2 Å². The molecule has 1 heterocycles. The number of alkyl halides is 3. The van der Waals surface area contributed by atoms with Crippen molar-refractivity contribution in [2.75, 3.05) is 11.9 Å². The van der Waals surface area contributed by atoms with Crippen molar-refractivity contribution in [2.45, 2.75) is 52.5 Å². The van der Waals surface area contributed by atoms with E-state index in [0.29, 0.717) is 17.9 Å².